The molecule has 0 spiro atoms. The van der Waals surface area contributed by atoms with E-state index in [1.807, 2.05) is 22.7 Å². The summed E-state index contributed by atoms with van der Waals surface area (Å²) in [6, 6.07) is 10.3. The van der Waals surface area contributed by atoms with Gasteiger partial charge in [0.25, 0.3) is 0 Å². The molecule has 1 aromatic carbocycles. The zero-order chi connectivity index (χ0) is 14.6. The first-order chi connectivity index (χ1) is 10.1. The summed E-state index contributed by atoms with van der Waals surface area (Å²) < 4.78 is 25.1. The number of fused-ring (bicyclic) bond motifs is 6. The Bertz CT molecular complexity index is 992. The Labute approximate surface area is 127 Å². The summed E-state index contributed by atoms with van der Waals surface area (Å²) in [4.78, 5) is 8.71. The topological polar surface area (TPSA) is 30.2 Å². The van der Waals surface area contributed by atoms with Gasteiger partial charge < -0.3 is 9.38 Å². The van der Waals surface area contributed by atoms with Crippen LogP contribution in [-0.2, 0) is 20.1 Å². The van der Waals surface area contributed by atoms with Crippen LogP contribution in [0.3, 0.4) is 0 Å². The molecule has 0 saturated carbocycles. The van der Waals surface area contributed by atoms with E-state index in [0.29, 0.717) is 16.6 Å². The summed E-state index contributed by atoms with van der Waals surface area (Å²) in [5, 5.41) is 1.36. The first-order valence-electron chi connectivity index (χ1n) is 7.12. The summed E-state index contributed by atoms with van der Waals surface area (Å²) in [5.41, 5.74) is 2.41. The third kappa shape index (κ3) is 1.61. The second-order valence-corrected chi connectivity index (χ2v) is 4.13. The summed E-state index contributed by atoms with van der Waals surface area (Å²) in [6.45, 7) is -2.21. The molecular weight excluding hydrogens is 414 g/mol. The van der Waals surface area contributed by atoms with Crippen molar-refractivity contribution in [2.45, 2.75) is 6.85 Å². The zero-order valence-electron chi connectivity index (χ0n) is 12.7. The van der Waals surface area contributed by atoms with Crippen LogP contribution in [0.25, 0.3) is 27.5 Å². The number of benzene rings is 1. The maximum atomic E-state index is 7.75. The van der Waals surface area contributed by atoms with Gasteiger partial charge in [-0.05, 0) is 24.0 Å². The molecule has 0 aliphatic rings. The first kappa shape index (κ1) is 9.18. The standard InChI is InChI=1S/C15H10N3.Ir/c1-10-6-7-16-14-11-4-2-3-5-12(11)18-9-8-17-15(18)13(10)14;/h2-3,5-9H,1H3;/q-1;/i1D3;. The molecule has 4 heteroatoms. The van der Waals surface area contributed by atoms with Gasteiger partial charge in [0, 0.05) is 53.7 Å². The molecule has 3 aromatic heterocycles. The molecule has 0 unspecified atom stereocenters. The monoisotopic (exact) mass is 428 g/mol. The average Bonchev–Trinajstić information content (AvgIpc) is 2.95. The molecule has 0 amide bonds. The second kappa shape index (κ2) is 4.41. The quantitative estimate of drug-likeness (QED) is 0.319. The molecule has 0 saturated heterocycles. The van der Waals surface area contributed by atoms with Gasteiger partial charge >= 0.3 is 0 Å². The predicted octanol–water partition coefficient (Wildman–Crippen LogP) is 3.14. The van der Waals surface area contributed by atoms with E-state index in [-0.39, 0.29) is 25.7 Å². The number of nitrogens with zero attached hydrogens (tertiary/aromatic N) is 3. The van der Waals surface area contributed by atoms with Crippen LogP contribution in [0.2, 0.25) is 0 Å². The molecule has 4 aromatic rings. The van der Waals surface area contributed by atoms with Crippen molar-refractivity contribution in [2.24, 2.45) is 0 Å². The molecule has 3 nitrogen and oxygen atoms in total. The summed E-state index contributed by atoms with van der Waals surface area (Å²) in [7, 11) is 0. The van der Waals surface area contributed by atoms with Gasteiger partial charge in [-0.1, -0.05) is 0 Å². The van der Waals surface area contributed by atoms with E-state index >= 15 is 0 Å². The number of hydrogen-bond acceptors (Lipinski definition) is 2. The van der Waals surface area contributed by atoms with Crippen molar-refractivity contribution in [3.8, 4) is 0 Å². The largest absolute Gasteiger partial charge is 0.342 e. The van der Waals surface area contributed by atoms with Gasteiger partial charge in [-0.2, -0.15) is 0 Å². The van der Waals surface area contributed by atoms with E-state index < -0.39 is 6.85 Å². The number of rotatable bonds is 0. The van der Waals surface area contributed by atoms with Gasteiger partial charge in [-0.15, -0.1) is 29.7 Å². The maximum absolute atomic E-state index is 7.75. The molecule has 0 aliphatic carbocycles. The van der Waals surface area contributed by atoms with Crippen LogP contribution in [0.1, 0.15) is 9.68 Å². The van der Waals surface area contributed by atoms with Gasteiger partial charge in [0.15, 0.2) is 0 Å². The third-order valence-corrected chi connectivity index (χ3v) is 3.15. The van der Waals surface area contributed by atoms with Crippen molar-refractivity contribution >= 4 is 27.5 Å². The Balaban J connectivity index is 0.00000144. The van der Waals surface area contributed by atoms with Crippen molar-refractivity contribution in [1.29, 1.82) is 0 Å². The smallest absolute Gasteiger partial charge is 0.129 e. The van der Waals surface area contributed by atoms with E-state index in [0.717, 1.165) is 10.9 Å². The Hall–Kier alpha value is -1.77. The van der Waals surface area contributed by atoms with E-state index in [1.54, 1.807) is 18.3 Å². The van der Waals surface area contributed by atoms with Crippen molar-refractivity contribution in [3.63, 3.8) is 0 Å². The molecule has 0 fully saturated rings. The van der Waals surface area contributed by atoms with Gasteiger partial charge in [0.1, 0.15) is 5.65 Å². The fourth-order valence-corrected chi connectivity index (χ4v) is 2.38. The SMILES string of the molecule is [2H]C([2H])([2H])c1ccnc2c3[c-]cccc3n3ccnc3c12.[Ir]. The molecule has 95 valence electrons. The molecule has 0 N–H and O–H groups in total. The van der Waals surface area contributed by atoms with Crippen LogP contribution in [0, 0.1) is 12.9 Å². The summed E-state index contributed by atoms with van der Waals surface area (Å²) >= 11 is 0. The Kier molecular flexibility index (Phi) is 2.13. The molecule has 4 rings (SSSR count). The fourth-order valence-electron chi connectivity index (χ4n) is 2.38. The second-order valence-electron chi connectivity index (χ2n) is 4.13. The van der Waals surface area contributed by atoms with Gasteiger partial charge in [0.2, 0.25) is 0 Å². The molecule has 0 atom stereocenters. The number of imidazole rings is 1. The molecule has 1 radical (unpaired) electrons. The minimum atomic E-state index is -2.21. The van der Waals surface area contributed by atoms with Crippen LogP contribution in [0.4, 0.5) is 0 Å². The van der Waals surface area contributed by atoms with Crippen LogP contribution in [0.5, 0.6) is 0 Å². The van der Waals surface area contributed by atoms with Crippen molar-refractivity contribution in [2.75, 3.05) is 0 Å². The van der Waals surface area contributed by atoms with E-state index in [1.165, 1.54) is 6.20 Å². The number of hydrogen-bond donors (Lipinski definition) is 0. The Morgan fingerprint density at radius 3 is 3.11 bits per heavy atom. The van der Waals surface area contributed by atoms with Crippen LogP contribution < -0.4 is 0 Å². The van der Waals surface area contributed by atoms with Crippen molar-refractivity contribution in [1.82, 2.24) is 14.4 Å². The number of pyridine rings is 2. The number of aromatic nitrogens is 3. The number of aryl methyl sites for hydroxylation is 1. The third-order valence-electron chi connectivity index (χ3n) is 3.15. The Morgan fingerprint density at radius 2 is 2.21 bits per heavy atom. The summed E-state index contributed by atoms with van der Waals surface area (Å²) in [6.07, 6.45) is 5.02. The van der Waals surface area contributed by atoms with Gasteiger partial charge in [-0.3, -0.25) is 0 Å². The predicted molar refractivity (Wildman–Crippen MR) is 71.6 cm³/mol. The summed E-state index contributed by atoms with van der Waals surface area (Å²) in [5.74, 6) is 0. The molecule has 0 aliphatic heterocycles. The molecular formula is C15H10IrN3-. The van der Waals surface area contributed by atoms with Crippen molar-refractivity contribution in [3.05, 3.63) is 54.5 Å². The van der Waals surface area contributed by atoms with E-state index in [4.69, 9.17) is 4.11 Å². The van der Waals surface area contributed by atoms with Crippen LogP contribution >= 0.6 is 0 Å². The van der Waals surface area contributed by atoms with Crippen LogP contribution in [-0.4, -0.2) is 14.4 Å². The Morgan fingerprint density at radius 1 is 1.26 bits per heavy atom. The minimum Gasteiger partial charge on any atom is -0.342 e. The fraction of sp³-hybridized carbons (Fsp3) is 0.0667. The average molecular weight is 428 g/mol. The van der Waals surface area contributed by atoms with Gasteiger partial charge in [0.05, 0.1) is 0 Å². The minimum absolute atomic E-state index is 0. The van der Waals surface area contributed by atoms with Crippen molar-refractivity contribution < 1.29 is 24.2 Å². The first-order valence-corrected chi connectivity index (χ1v) is 5.62. The zero-order valence-corrected chi connectivity index (χ0v) is 12.1. The molecule has 3 heterocycles. The van der Waals surface area contributed by atoms with E-state index in [2.05, 4.69) is 16.0 Å². The van der Waals surface area contributed by atoms with Crippen LogP contribution in [0.15, 0.2) is 42.9 Å². The normalized spacial score (nSPS) is 14.0. The van der Waals surface area contributed by atoms with Gasteiger partial charge in [-0.25, -0.2) is 4.98 Å². The maximum Gasteiger partial charge on any atom is 0.129 e. The molecule has 19 heavy (non-hydrogen) atoms. The van der Waals surface area contributed by atoms with E-state index in [9.17, 15) is 0 Å². The molecule has 0 bridgehead atoms.